The molecule has 2 aliphatic carbocycles. The van der Waals surface area contributed by atoms with Gasteiger partial charge < -0.3 is 15.7 Å². The van der Waals surface area contributed by atoms with Gasteiger partial charge in [0.1, 0.15) is 5.54 Å². The van der Waals surface area contributed by atoms with Crippen molar-refractivity contribution in [2.24, 2.45) is 17.8 Å². The molecular formula is C14H24N2O3. The fraction of sp³-hybridized carbons (Fsp3) is 0.857. The largest absolute Gasteiger partial charge is 0.480 e. The van der Waals surface area contributed by atoms with Gasteiger partial charge in [0.15, 0.2) is 0 Å². The molecule has 5 nitrogen and oxygen atoms in total. The van der Waals surface area contributed by atoms with Crippen LogP contribution in [0.1, 0.15) is 46.5 Å². The number of carboxylic acids is 1. The monoisotopic (exact) mass is 268 g/mol. The fourth-order valence-electron chi connectivity index (χ4n) is 3.00. The van der Waals surface area contributed by atoms with Gasteiger partial charge in [-0.3, -0.25) is 0 Å². The third kappa shape index (κ3) is 2.85. The van der Waals surface area contributed by atoms with Crippen LogP contribution in [0.25, 0.3) is 0 Å². The van der Waals surface area contributed by atoms with Gasteiger partial charge in [-0.25, -0.2) is 9.59 Å². The highest BCUT2D eigenvalue weighted by Crippen LogP contribution is 2.39. The Kier molecular flexibility index (Phi) is 3.74. The maximum atomic E-state index is 12.0. The third-order valence-corrected chi connectivity index (χ3v) is 4.99. The predicted octanol–water partition coefficient (Wildman–Crippen LogP) is 1.97. The summed E-state index contributed by atoms with van der Waals surface area (Å²) in [4.78, 5) is 23.4. The number of carbonyl (C=O) groups is 2. The molecule has 0 bridgehead atoms. The Morgan fingerprint density at radius 3 is 2.21 bits per heavy atom. The topological polar surface area (TPSA) is 78.4 Å². The summed E-state index contributed by atoms with van der Waals surface area (Å²) in [6.07, 6.45) is 3.84. The Morgan fingerprint density at radius 1 is 1.16 bits per heavy atom. The van der Waals surface area contributed by atoms with Crippen LogP contribution in [-0.4, -0.2) is 28.7 Å². The van der Waals surface area contributed by atoms with Gasteiger partial charge in [0.25, 0.3) is 0 Å². The van der Waals surface area contributed by atoms with Gasteiger partial charge in [-0.05, 0) is 50.4 Å². The van der Waals surface area contributed by atoms with Gasteiger partial charge in [-0.2, -0.15) is 0 Å². The van der Waals surface area contributed by atoms with E-state index in [1.807, 2.05) is 0 Å². The number of rotatable bonds is 4. The number of amides is 2. The molecule has 0 aromatic heterocycles. The number of carbonyl (C=O) groups excluding carboxylic acids is 1. The lowest BCUT2D eigenvalue weighted by molar-refractivity contribution is -0.144. The first kappa shape index (κ1) is 14.2. The van der Waals surface area contributed by atoms with Crippen LogP contribution in [0.2, 0.25) is 0 Å². The van der Waals surface area contributed by atoms with Crippen LogP contribution in [0.3, 0.4) is 0 Å². The predicted molar refractivity (Wildman–Crippen MR) is 71.8 cm³/mol. The average Bonchev–Trinajstić information content (AvgIpc) is 3.12. The summed E-state index contributed by atoms with van der Waals surface area (Å²) in [5.41, 5.74) is -1.13. The summed E-state index contributed by atoms with van der Waals surface area (Å²) in [5.74, 6) is 0.177. The Bertz CT molecular complexity index is 381. The van der Waals surface area contributed by atoms with Crippen molar-refractivity contribution in [3.05, 3.63) is 0 Å². The minimum atomic E-state index is -1.13. The van der Waals surface area contributed by atoms with E-state index in [1.165, 1.54) is 0 Å². The molecule has 108 valence electrons. The van der Waals surface area contributed by atoms with Crippen LogP contribution in [-0.2, 0) is 4.79 Å². The zero-order chi connectivity index (χ0) is 14.2. The van der Waals surface area contributed by atoms with E-state index in [4.69, 9.17) is 0 Å². The molecule has 5 heteroatoms. The zero-order valence-electron chi connectivity index (χ0n) is 11.9. The summed E-state index contributed by atoms with van der Waals surface area (Å²) in [6.45, 7) is 5.93. The number of hydrogen-bond donors (Lipinski definition) is 3. The fourth-order valence-corrected chi connectivity index (χ4v) is 3.00. The molecule has 4 unspecified atom stereocenters. The van der Waals surface area contributed by atoms with Crippen molar-refractivity contribution < 1.29 is 14.7 Å². The van der Waals surface area contributed by atoms with Crippen molar-refractivity contribution >= 4 is 12.0 Å². The maximum Gasteiger partial charge on any atom is 0.329 e. The van der Waals surface area contributed by atoms with Crippen molar-refractivity contribution in [2.75, 3.05) is 0 Å². The van der Waals surface area contributed by atoms with E-state index in [0.717, 1.165) is 25.7 Å². The molecule has 2 aliphatic rings. The van der Waals surface area contributed by atoms with Gasteiger partial charge in [0, 0.05) is 6.04 Å². The van der Waals surface area contributed by atoms with Crippen molar-refractivity contribution in [2.45, 2.75) is 58.0 Å². The standard InChI is InChI=1S/C14H24N2O3/c1-8-4-7-11(9(8)2)15-13(19)16-14(3,12(17)18)10-5-6-10/h8-11H,4-7H2,1-3H3,(H,17,18)(H2,15,16,19). The van der Waals surface area contributed by atoms with Gasteiger partial charge >= 0.3 is 12.0 Å². The Labute approximate surface area is 114 Å². The van der Waals surface area contributed by atoms with Crippen LogP contribution in [0.15, 0.2) is 0 Å². The van der Waals surface area contributed by atoms with Crippen molar-refractivity contribution in [1.82, 2.24) is 10.6 Å². The number of hydrogen-bond acceptors (Lipinski definition) is 2. The van der Waals surface area contributed by atoms with Gasteiger partial charge in [-0.1, -0.05) is 13.8 Å². The van der Waals surface area contributed by atoms with E-state index in [0.29, 0.717) is 11.8 Å². The second-order valence-electron chi connectivity index (χ2n) is 6.40. The van der Waals surface area contributed by atoms with E-state index in [-0.39, 0.29) is 18.0 Å². The van der Waals surface area contributed by atoms with Gasteiger partial charge in [0.2, 0.25) is 0 Å². The Morgan fingerprint density at radius 2 is 1.79 bits per heavy atom. The van der Waals surface area contributed by atoms with E-state index >= 15 is 0 Å². The molecule has 3 N–H and O–H groups in total. The smallest absolute Gasteiger partial charge is 0.329 e. The molecule has 2 amide bonds. The van der Waals surface area contributed by atoms with Crippen LogP contribution in [0, 0.1) is 17.8 Å². The molecule has 0 heterocycles. The Balaban J connectivity index is 1.92. The molecule has 0 radical (unpaired) electrons. The normalized spacial score (nSPS) is 33.5. The summed E-state index contributed by atoms with van der Waals surface area (Å²) in [5, 5.41) is 14.9. The molecule has 0 spiro atoms. The molecule has 0 aliphatic heterocycles. The molecular weight excluding hydrogens is 244 g/mol. The molecule has 2 saturated carbocycles. The van der Waals surface area contributed by atoms with Crippen LogP contribution >= 0.6 is 0 Å². The van der Waals surface area contributed by atoms with Crippen molar-refractivity contribution in [1.29, 1.82) is 0 Å². The SMILES string of the molecule is CC1CCC(NC(=O)NC(C)(C(=O)O)C2CC2)C1C. The molecule has 4 atom stereocenters. The first-order chi connectivity index (χ1) is 8.84. The van der Waals surface area contributed by atoms with E-state index < -0.39 is 11.5 Å². The second kappa shape index (κ2) is 5.02. The number of aliphatic carboxylic acids is 1. The quantitative estimate of drug-likeness (QED) is 0.729. The first-order valence-corrected chi connectivity index (χ1v) is 7.16. The average molecular weight is 268 g/mol. The number of carboxylic acid groups (broad SMARTS) is 1. The van der Waals surface area contributed by atoms with Crippen molar-refractivity contribution in [3.8, 4) is 0 Å². The van der Waals surface area contributed by atoms with Crippen LogP contribution in [0.5, 0.6) is 0 Å². The third-order valence-electron chi connectivity index (χ3n) is 4.99. The van der Waals surface area contributed by atoms with E-state index in [9.17, 15) is 14.7 Å². The number of nitrogens with one attached hydrogen (secondary N) is 2. The lowest BCUT2D eigenvalue weighted by atomic mass is 9.96. The molecule has 0 aromatic carbocycles. The highest BCUT2D eigenvalue weighted by atomic mass is 16.4. The van der Waals surface area contributed by atoms with Gasteiger partial charge in [-0.15, -0.1) is 0 Å². The lowest BCUT2D eigenvalue weighted by Crippen LogP contribution is -2.58. The number of urea groups is 1. The molecule has 19 heavy (non-hydrogen) atoms. The summed E-state index contributed by atoms with van der Waals surface area (Å²) >= 11 is 0. The highest BCUT2D eigenvalue weighted by molar-refractivity contribution is 5.86. The summed E-state index contributed by atoms with van der Waals surface area (Å²) < 4.78 is 0. The molecule has 0 aromatic rings. The zero-order valence-corrected chi connectivity index (χ0v) is 11.9. The van der Waals surface area contributed by atoms with Crippen LogP contribution < -0.4 is 10.6 Å². The van der Waals surface area contributed by atoms with E-state index in [2.05, 4.69) is 24.5 Å². The van der Waals surface area contributed by atoms with Crippen LogP contribution in [0.4, 0.5) is 4.79 Å². The molecule has 2 fully saturated rings. The minimum absolute atomic E-state index is 0.0654. The first-order valence-electron chi connectivity index (χ1n) is 7.16. The lowest BCUT2D eigenvalue weighted by Gasteiger charge is -2.28. The second-order valence-corrected chi connectivity index (χ2v) is 6.40. The van der Waals surface area contributed by atoms with Gasteiger partial charge in [0.05, 0.1) is 0 Å². The summed E-state index contributed by atoms with van der Waals surface area (Å²) in [7, 11) is 0. The van der Waals surface area contributed by atoms with Crippen molar-refractivity contribution in [3.63, 3.8) is 0 Å². The maximum absolute atomic E-state index is 12.0. The Hall–Kier alpha value is -1.26. The summed E-state index contributed by atoms with van der Waals surface area (Å²) in [6, 6.07) is -0.185. The minimum Gasteiger partial charge on any atom is -0.480 e. The molecule has 2 rings (SSSR count). The highest BCUT2D eigenvalue weighted by Gasteiger charge is 2.48. The molecule has 0 saturated heterocycles. The van der Waals surface area contributed by atoms with E-state index in [1.54, 1.807) is 6.92 Å².